The first-order chi connectivity index (χ1) is 9.15. The number of nitro groups is 1. The number of benzene rings is 1. The molecule has 3 rings (SSSR count). The fraction of sp³-hybridized carbons (Fsp3) is 0.250. The van der Waals surface area contributed by atoms with Crippen LogP contribution in [0, 0.1) is 10.1 Å². The van der Waals surface area contributed by atoms with E-state index >= 15 is 0 Å². The molecule has 98 valence electrons. The Hall–Kier alpha value is -2.08. The molecule has 0 spiro atoms. The molecule has 0 fully saturated rings. The number of ether oxygens (including phenoxy) is 1. The summed E-state index contributed by atoms with van der Waals surface area (Å²) in [5.74, 6) is 0.681. The maximum Gasteiger partial charge on any atom is 0.408 e. The van der Waals surface area contributed by atoms with Crippen LogP contribution in [0.4, 0.5) is 5.82 Å². The van der Waals surface area contributed by atoms with Crippen molar-refractivity contribution in [2.24, 2.45) is 0 Å². The molecule has 1 unspecified atom stereocenters. The lowest BCUT2D eigenvalue weighted by Gasteiger charge is -2.05. The molecular weight excluding hydrogens is 270 g/mol. The fourth-order valence-corrected chi connectivity index (χ4v) is 2.43. The molecule has 1 atom stereocenters. The Kier molecular flexibility index (Phi) is 2.87. The highest BCUT2D eigenvalue weighted by Gasteiger charge is 2.27. The van der Waals surface area contributed by atoms with Crippen LogP contribution in [0.5, 0.6) is 5.75 Å². The Morgan fingerprint density at radius 3 is 3.05 bits per heavy atom. The molecule has 19 heavy (non-hydrogen) atoms. The summed E-state index contributed by atoms with van der Waals surface area (Å²) >= 11 is 5.77. The third-order valence-corrected chi connectivity index (χ3v) is 3.35. The first-order valence-corrected chi connectivity index (χ1v) is 6.12. The SMILES string of the molecule is O=[N+]([O-])c1nn(CC2COc3ccccc32)cc1Cl. The van der Waals surface area contributed by atoms with Gasteiger partial charge in [0.1, 0.15) is 5.75 Å². The van der Waals surface area contributed by atoms with Gasteiger partial charge in [-0.15, -0.1) is 0 Å². The number of aromatic nitrogens is 2. The Bertz CT molecular complexity index is 641. The quantitative estimate of drug-likeness (QED) is 0.640. The van der Waals surface area contributed by atoms with Crippen LogP contribution in [-0.4, -0.2) is 21.3 Å². The first-order valence-electron chi connectivity index (χ1n) is 5.74. The Morgan fingerprint density at radius 2 is 2.32 bits per heavy atom. The van der Waals surface area contributed by atoms with Gasteiger partial charge in [-0.25, -0.2) is 0 Å². The van der Waals surface area contributed by atoms with Gasteiger partial charge in [0.2, 0.25) is 0 Å². The molecule has 0 saturated heterocycles. The predicted molar refractivity (Wildman–Crippen MR) is 68.6 cm³/mol. The standard InChI is InChI=1S/C12H10ClN3O3/c13-10-6-15(14-12(10)16(17)18)5-8-7-19-11-4-2-1-3-9(8)11/h1-4,6,8H,5,7H2. The van der Waals surface area contributed by atoms with Crippen molar-refractivity contribution < 1.29 is 9.66 Å². The zero-order valence-electron chi connectivity index (χ0n) is 9.82. The van der Waals surface area contributed by atoms with E-state index < -0.39 is 4.92 Å². The third kappa shape index (κ3) is 2.15. The number of hydrogen-bond donors (Lipinski definition) is 0. The van der Waals surface area contributed by atoms with Crippen molar-refractivity contribution in [3.63, 3.8) is 0 Å². The van der Waals surface area contributed by atoms with Crippen molar-refractivity contribution in [1.29, 1.82) is 0 Å². The Balaban J connectivity index is 1.84. The summed E-state index contributed by atoms with van der Waals surface area (Å²) < 4.78 is 7.06. The molecule has 0 amide bonds. The van der Waals surface area contributed by atoms with Gasteiger partial charge in [0.15, 0.2) is 5.02 Å². The number of halogens is 1. The van der Waals surface area contributed by atoms with E-state index in [2.05, 4.69) is 5.10 Å². The molecule has 0 bridgehead atoms. The Labute approximate surface area is 113 Å². The number of para-hydroxylation sites is 1. The second kappa shape index (κ2) is 4.55. The molecule has 0 saturated carbocycles. The number of rotatable bonds is 3. The lowest BCUT2D eigenvalue weighted by atomic mass is 10.0. The normalized spacial score (nSPS) is 17.0. The van der Waals surface area contributed by atoms with Crippen LogP contribution >= 0.6 is 11.6 Å². The van der Waals surface area contributed by atoms with E-state index in [1.165, 1.54) is 10.9 Å². The van der Waals surface area contributed by atoms with Crippen LogP contribution in [0.1, 0.15) is 11.5 Å². The van der Waals surface area contributed by atoms with E-state index in [1.54, 1.807) is 0 Å². The monoisotopic (exact) mass is 279 g/mol. The summed E-state index contributed by atoms with van der Waals surface area (Å²) in [6.07, 6.45) is 1.47. The highest BCUT2D eigenvalue weighted by atomic mass is 35.5. The minimum absolute atomic E-state index is 0.0530. The van der Waals surface area contributed by atoms with Gasteiger partial charge in [0, 0.05) is 11.5 Å². The molecule has 2 aromatic rings. The minimum atomic E-state index is -0.585. The van der Waals surface area contributed by atoms with Crippen molar-refractivity contribution >= 4 is 17.4 Å². The van der Waals surface area contributed by atoms with Crippen molar-refractivity contribution in [1.82, 2.24) is 9.78 Å². The van der Waals surface area contributed by atoms with E-state index in [-0.39, 0.29) is 16.8 Å². The van der Waals surface area contributed by atoms with Crippen molar-refractivity contribution in [2.75, 3.05) is 6.61 Å². The lowest BCUT2D eigenvalue weighted by Crippen LogP contribution is -2.11. The summed E-state index contributed by atoms with van der Waals surface area (Å²) in [4.78, 5) is 10.1. The highest BCUT2D eigenvalue weighted by Crippen LogP contribution is 2.34. The van der Waals surface area contributed by atoms with Crippen LogP contribution in [-0.2, 0) is 6.54 Å². The van der Waals surface area contributed by atoms with E-state index in [4.69, 9.17) is 16.3 Å². The average molecular weight is 280 g/mol. The van der Waals surface area contributed by atoms with Gasteiger partial charge in [-0.2, -0.15) is 4.68 Å². The van der Waals surface area contributed by atoms with Gasteiger partial charge in [-0.3, -0.25) is 0 Å². The van der Waals surface area contributed by atoms with Gasteiger partial charge >= 0.3 is 5.82 Å². The zero-order chi connectivity index (χ0) is 13.4. The minimum Gasteiger partial charge on any atom is -0.493 e. The summed E-state index contributed by atoms with van der Waals surface area (Å²) in [6, 6.07) is 7.76. The van der Waals surface area contributed by atoms with Crippen LogP contribution < -0.4 is 4.74 Å². The van der Waals surface area contributed by atoms with Crippen molar-refractivity contribution in [2.45, 2.75) is 12.5 Å². The van der Waals surface area contributed by atoms with E-state index in [9.17, 15) is 10.1 Å². The molecule has 6 nitrogen and oxygen atoms in total. The van der Waals surface area contributed by atoms with Gasteiger partial charge in [0.05, 0.1) is 24.4 Å². The summed E-state index contributed by atoms with van der Waals surface area (Å²) in [7, 11) is 0. The number of fused-ring (bicyclic) bond motifs is 1. The Morgan fingerprint density at radius 1 is 1.53 bits per heavy atom. The highest BCUT2D eigenvalue weighted by molar-refractivity contribution is 6.32. The molecule has 0 radical (unpaired) electrons. The van der Waals surface area contributed by atoms with Crippen LogP contribution in [0.3, 0.4) is 0 Å². The fourth-order valence-electron chi connectivity index (χ4n) is 2.21. The topological polar surface area (TPSA) is 70.2 Å². The number of hydrogen-bond acceptors (Lipinski definition) is 4. The molecule has 1 aliphatic rings. The molecule has 1 aliphatic heterocycles. The second-order valence-electron chi connectivity index (χ2n) is 4.33. The second-order valence-corrected chi connectivity index (χ2v) is 4.73. The van der Waals surface area contributed by atoms with Crippen molar-refractivity contribution in [3.05, 3.63) is 51.2 Å². The lowest BCUT2D eigenvalue weighted by molar-refractivity contribution is -0.389. The predicted octanol–water partition coefficient (Wildman–Crippen LogP) is 2.62. The van der Waals surface area contributed by atoms with E-state index in [0.717, 1.165) is 11.3 Å². The molecule has 1 aromatic carbocycles. The molecule has 0 N–H and O–H groups in total. The smallest absolute Gasteiger partial charge is 0.408 e. The largest absolute Gasteiger partial charge is 0.493 e. The first kappa shape index (κ1) is 12.0. The van der Waals surface area contributed by atoms with Crippen LogP contribution in [0.25, 0.3) is 0 Å². The van der Waals surface area contributed by atoms with Crippen LogP contribution in [0.2, 0.25) is 5.02 Å². The van der Waals surface area contributed by atoms with Gasteiger partial charge in [-0.05, 0) is 11.0 Å². The van der Waals surface area contributed by atoms with Gasteiger partial charge in [0.25, 0.3) is 0 Å². The van der Waals surface area contributed by atoms with Gasteiger partial charge in [-0.1, -0.05) is 29.8 Å². The van der Waals surface area contributed by atoms with Crippen molar-refractivity contribution in [3.8, 4) is 5.75 Å². The van der Waals surface area contributed by atoms with E-state index in [1.807, 2.05) is 24.3 Å². The molecule has 7 heteroatoms. The molecule has 2 heterocycles. The van der Waals surface area contributed by atoms with Gasteiger partial charge < -0.3 is 14.9 Å². The molecule has 0 aliphatic carbocycles. The maximum atomic E-state index is 10.7. The number of nitrogens with zero attached hydrogens (tertiary/aromatic N) is 3. The zero-order valence-corrected chi connectivity index (χ0v) is 10.6. The summed E-state index contributed by atoms with van der Waals surface area (Å²) in [5, 5.41) is 14.6. The third-order valence-electron chi connectivity index (χ3n) is 3.08. The van der Waals surface area contributed by atoms with E-state index in [0.29, 0.717) is 13.2 Å². The molecular formula is C12H10ClN3O3. The average Bonchev–Trinajstić information content (AvgIpc) is 2.95. The summed E-state index contributed by atoms with van der Waals surface area (Å²) in [6.45, 7) is 1.05. The summed E-state index contributed by atoms with van der Waals surface area (Å²) in [5.41, 5.74) is 1.09. The maximum absolute atomic E-state index is 10.7. The molecule has 1 aromatic heterocycles. The van der Waals surface area contributed by atoms with Crippen LogP contribution in [0.15, 0.2) is 30.5 Å².